The molecule has 0 spiro atoms. The average molecular weight is 549 g/mol. The minimum atomic E-state index is -0.785. The number of piperazine rings is 1. The first-order chi connectivity index (χ1) is 19.0. The molecular formula is C23H24N12O5. The van der Waals surface area contributed by atoms with Gasteiger partial charge >= 0.3 is 12.0 Å². The maximum atomic E-state index is 12.0. The molecule has 1 aliphatic rings. The highest BCUT2D eigenvalue weighted by molar-refractivity contribution is 5.99. The number of benzene rings is 1. The molecule has 0 aliphatic carbocycles. The summed E-state index contributed by atoms with van der Waals surface area (Å²) < 4.78 is 0.957. The van der Waals surface area contributed by atoms with Gasteiger partial charge in [-0.05, 0) is 12.1 Å². The van der Waals surface area contributed by atoms with E-state index in [2.05, 4.69) is 40.9 Å². The number of hydrogen-bond donors (Lipinski definition) is 4. The lowest BCUT2D eigenvalue weighted by Gasteiger charge is -2.36. The van der Waals surface area contributed by atoms with Crippen molar-refractivity contribution in [2.24, 2.45) is 10.2 Å². The van der Waals surface area contributed by atoms with Crippen molar-refractivity contribution < 1.29 is 24.6 Å². The Morgan fingerprint density at radius 1 is 0.925 bits per heavy atom. The Balaban J connectivity index is 1.79. The van der Waals surface area contributed by atoms with Crippen molar-refractivity contribution in [1.29, 1.82) is 5.26 Å². The number of hydrogen-bond acceptors (Lipinski definition) is 13. The lowest BCUT2D eigenvalue weighted by atomic mass is 10.1. The molecule has 17 nitrogen and oxygen atoms in total. The van der Waals surface area contributed by atoms with Crippen molar-refractivity contribution in [2.45, 2.75) is 20.8 Å². The van der Waals surface area contributed by atoms with Crippen molar-refractivity contribution in [2.75, 3.05) is 41.7 Å². The maximum Gasteiger partial charge on any atom is 0.321 e. The Morgan fingerprint density at radius 2 is 1.55 bits per heavy atom. The first-order valence-electron chi connectivity index (χ1n) is 11.8. The van der Waals surface area contributed by atoms with Crippen molar-refractivity contribution in [3.05, 3.63) is 23.9 Å². The summed E-state index contributed by atoms with van der Waals surface area (Å²) >= 11 is 0. The molecule has 0 radical (unpaired) electrons. The smallest absolute Gasteiger partial charge is 0.321 e. The minimum absolute atomic E-state index is 0.0324. The summed E-state index contributed by atoms with van der Waals surface area (Å²) in [4.78, 5) is 50.1. The number of nitrogens with one attached hydrogen (secondary N) is 2. The second-order valence-electron chi connectivity index (χ2n) is 8.58. The van der Waals surface area contributed by atoms with Crippen molar-refractivity contribution in [3.8, 4) is 24.0 Å². The van der Waals surface area contributed by atoms with Crippen LogP contribution in [-0.2, 0) is 14.4 Å². The van der Waals surface area contributed by atoms with Gasteiger partial charge in [-0.2, -0.15) is 25.0 Å². The molecule has 0 saturated carbocycles. The second-order valence-corrected chi connectivity index (χ2v) is 8.58. The third kappa shape index (κ3) is 6.07. The van der Waals surface area contributed by atoms with Gasteiger partial charge in [0.15, 0.2) is 5.82 Å². The zero-order valence-corrected chi connectivity index (χ0v) is 21.7. The maximum absolute atomic E-state index is 12.0. The van der Waals surface area contributed by atoms with E-state index < -0.39 is 17.9 Å². The highest BCUT2D eigenvalue weighted by Crippen LogP contribution is 2.39. The fourth-order valence-corrected chi connectivity index (χ4v) is 3.97. The van der Waals surface area contributed by atoms with Crippen LogP contribution in [0.15, 0.2) is 28.6 Å². The van der Waals surface area contributed by atoms with E-state index in [1.807, 2.05) is 11.0 Å². The molecule has 4 rings (SSSR count). The number of nitrogens with zero attached hydrogens (tertiary/aromatic N) is 10. The summed E-state index contributed by atoms with van der Waals surface area (Å²) in [5, 5.41) is 46.6. The van der Waals surface area contributed by atoms with Crippen LogP contribution in [0.4, 0.5) is 28.6 Å². The fourth-order valence-electron chi connectivity index (χ4n) is 3.97. The number of carbonyl (C=O) groups excluding carboxylic acids is 3. The molecule has 0 atom stereocenters. The molecule has 4 N–H and O–H groups in total. The Kier molecular flexibility index (Phi) is 7.79. The Labute approximate surface area is 226 Å². The zero-order valence-electron chi connectivity index (χ0n) is 21.7. The van der Waals surface area contributed by atoms with Gasteiger partial charge in [-0.25, -0.2) is 0 Å². The van der Waals surface area contributed by atoms with Gasteiger partial charge in [0.2, 0.25) is 17.7 Å². The third-order valence-electron chi connectivity index (χ3n) is 5.71. The number of nitriles is 1. The highest BCUT2D eigenvalue weighted by Gasteiger charge is 2.23. The van der Waals surface area contributed by atoms with Gasteiger partial charge in [0.25, 0.3) is 5.95 Å². The van der Waals surface area contributed by atoms with Crippen LogP contribution >= 0.6 is 0 Å². The molecular weight excluding hydrogens is 524 g/mol. The van der Waals surface area contributed by atoms with Crippen LogP contribution in [0.1, 0.15) is 26.3 Å². The normalized spacial score (nSPS) is 13.2. The summed E-state index contributed by atoms with van der Waals surface area (Å²) in [6.07, 6.45) is 1.16. The monoisotopic (exact) mass is 548 g/mol. The standard InChI is InChI=1S/C23H24N12O5/c1-12(36)26-16-9-19(34-6-4-33(5-7-34)14(3)38)18(27-13(2)37)8-17(16)31-32-20-15(10-24)11-25-35(20)21-28-22(39)30-23(40)29-21/h8-9,11H,4-7H2,1-3H3,(H,26,36)(H,27,37)(H2,28,29,30,39,40)/b32-31+. The first-order valence-corrected chi connectivity index (χ1v) is 11.8. The van der Waals surface area contributed by atoms with Gasteiger partial charge in [0, 0.05) is 47.0 Å². The van der Waals surface area contributed by atoms with Gasteiger partial charge in [-0.1, -0.05) is 0 Å². The average Bonchev–Trinajstić information content (AvgIpc) is 3.30. The van der Waals surface area contributed by atoms with Crippen LogP contribution in [0.2, 0.25) is 0 Å². The van der Waals surface area contributed by atoms with E-state index >= 15 is 0 Å². The molecule has 2 aromatic heterocycles. The van der Waals surface area contributed by atoms with Crippen LogP contribution < -0.4 is 15.5 Å². The van der Waals surface area contributed by atoms with Crippen molar-refractivity contribution in [3.63, 3.8) is 0 Å². The van der Waals surface area contributed by atoms with Crippen LogP contribution in [-0.4, -0.2) is 83.7 Å². The number of aromatic hydroxyl groups is 2. The van der Waals surface area contributed by atoms with E-state index in [0.717, 1.165) is 10.9 Å². The molecule has 0 unspecified atom stereocenters. The van der Waals surface area contributed by atoms with Crippen molar-refractivity contribution >= 4 is 46.3 Å². The number of anilines is 3. The number of rotatable bonds is 6. The highest BCUT2D eigenvalue weighted by atomic mass is 16.3. The van der Waals surface area contributed by atoms with Crippen molar-refractivity contribution in [1.82, 2.24) is 29.6 Å². The third-order valence-corrected chi connectivity index (χ3v) is 5.71. The molecule has 3 aromatic rings. The summed E-state index contributed by atoms with van der Waals surface area (Å²) in [5.74, 6) is -1.25. The van der Waals surface area contributed by atoms with Gasteiger partial charge in [0.1, 0.15) is 17.3 Å². The quantitative estimate of drug-likeness (QED) is 0.321. The Bertz CT molecular complexity index is 1530. The molecule has 0 bridgehead atoms. The number of amides is 3. The number of carbonyl (C=O) groups is 3. The summed E-state index contributed by atoms with van der Waals surface area (Å²) in [6.45, 7) is 6.10. The molecule has 1 fully saturated rings. The molecule has 206 valence electrons. The SMILES string of the molecule is CC(=O)Nc1cc(N2CCN(C(C)=O)CC2)c(NC(C)=O)cc1/N=N/c1c(C#N)cnn1-c1nc(O)nc(O)n1. The van der Waals surface area contributed by atoms with E-state index in [9.17, 15) is 29.9 Å². The first kappa shape index (κ1) is 27.4. The lowest BCUT2D eigenvalue weighted by molar-refractivity contribution is -0.129. The number of azo groups is 1. The van der Waals surface area contributed by atoms with Gasteiger partial charge in [-0.3, -0.25) is 14.4 Å². The van der Waals surface area contributed by atoms with Crippen LogP contribution in [0.5, 0.6) is 12.0 Å². The molecule has 1 aliphatic heterocycles. The van der Waals surface area contributed by atoms with Gasteiger partial charge in [-0.15, -0.1) is 15.2 Å². The molecule has 1 aromatic carbocycles. The van der Waals surface area contributed by atoms with Crippen LogP contribution in [0.25, 0.3) is 5.95 Å². The van der Waals surface area contributed by atoms with Crippen LogP contribution in [0.3, 0.4) is 0 Å². The Hall–Kier alpha value is -5.66. The van der Waals surface area contributed by atoms with E-state index in [1.54, 1.807) is 11.0 Å². The summed E-state index contributed by atoms with van der Waals surface area (Å²) in [7, 11) is 0. The van der Waals surface area contributed by atoms with E-state index in [1.165, 1.54) is 26.8 Å². The van der Waals surface area contributed by atoms with E-state index in [-0.39, 0.29) is 40.5 Å². The summed E-state index contributed by atoms with van der Waals surface area (Å²) in [5.41, 5.74) is 1.33. The molecule has 40 heavy (non-hydrogen) atoms. The van der Waals surface area contributed by atoms with Gasteiger partial charge < -0.3 is 30.6 Å². The predicted molar refractivity (Wildman–Crippen MR) is 139 cm³/mol. The molecule has 3 amide bonds. The summed E-state index contributed by atoms with van der Waals surface area (Å²) in [6, 6.07) is 3.48. The van der Waals surface area contributed by atoms with Crippen LogP contribution in [0, 0.1) is 11.3 Å². The largest absolute Gasteiger partial charge is 0.479 e. The molecule has 3 heterocycles. The fraction of sp³-hybridized carbons (Fsp3) is 0.304. The van der Waals surface area contributed by atoms with Gasteiger partial charge in [0.05, 0.1) is 23.3 Å². The topological polar surface area (TPSA) is 227 Å². The molecule has 17 heteroatoms. The lowest BCUT2D eigenvalue weighted by Crippen LogP contribution is -2.48. The van der Waals surface area contributed by atoms with E-state index in [4.69, 9.17) is 0 Å². The zero-order chi connectivity index (χ0) is 29.0. The second kappa shape index (κ2) is 11.4. The molecule has 1 saturated heterocycles. The predicted octanol–water partition coefficient (Wildman–Crippen LogP) is 1.34. The number of aromatic nitrogens is 5. The minimum Gasteiger partial charge on any atom is -0.479 e. The van der Waals surface area contributed by atoms with E-state index in [0.29, 0.717) is 37.6 Å². The Morgan fingerprint density at radius 3 is 2.12 bits per heavy atom.